The summed E-state index contributed by atoms with van der Waals surface area (Å²) in [4.78, 5) is 42.2. The van der Waals surface area contributed by atoms with Crippen LogP contribution in [0.2, 0.25) is 0 Å². The molecule has 3 aromatic heterocycles. The molecule has 6 heterocycles. The van der Waals surface area contributed by atoms with E-state index in [1.165, 1.54) is 23.4 Å². The van der Waals surface area contributed by atoms with Crippen molar-refractivity contribution < 1.29 is 36.9 Å². The molecule has 3 atom stereocenters. The van der Waals surface area contributed by atoms with Crippen LogP contribution in [0, 0.1) is 26.2 Å². The number of benzene rings is 2. The van der Waals surface area contributed by atoms with Gasteiger partial charge in [0.05, 0.1) is 40.1 Å². The summed E-state index contributed by atoms with van der Waals surface area (Å²) in [6, 6.07) is 17.8. The molecule has 2 aliphatic carbocycles. The number of aromatic nitrogens is 3. The molecule has 10 rings (SSSR count). The first-order valence-corrected chi connectivity index (χ1v) is 27.2. The lowest BCUT2D eigenvalue weighted by atomic mass is 9.59. The lowest BCUT2D eigenvalue weighted by Gasteiger charge is -2.57. The number of anilines is 2. The van der Waals surface area contributed by atoms with Gasteiger partial charge in [0.15, 0.2) is 10.7 Å². The first-order valence-electron chi connectivity index (χ1n) is 23.8. The first kappa shape index (κ1) is 46.9. The number of ether oxygens (including phenoxy) is 2. The Morgan fingerprint density at radius 3 is 2.57 bits per heavy atom. The van der Waals surface area contributed by atoms with Crippen LogP contribution in [0.25, 0.3) is 11.0 Å². The van der Waals surface area contributed by atoms with Crippen molar-refractivity contribution in [2.24, 2.45) is 11.3 Å². The third-order valence-electron chi connectivity index (χ3n) is 15.3. The van der Waals surface area contributed by atoms with Crippen LogP contribution in [0.15, 0.2) is 78.1 Å². The molecule has 2 aromatic carbocycles. The molecule has 2 saturated carbocycles. The van der Waals surface area contributed by atoms with E-state index in [1.807, 2.05) is 12.1 Å². The van der Waals surface area contributed by atoms with E-state index in [2.05, 4.69) is 66.8 Å². The molecule has 3 aliphatic heterocycles. The van der Waals surface area contributed by atoms with Gasteiger partial charge < -0.3 is 29.8 Å². The number of carbonyl (C=O) groups excluding carboxylic acids is 1. The molecule has 366 valence electrons. The highest BCUT2D eigenvalue weighted by Gasteiger charge is 2.50. The Bertz CT molecular complexity index is 3030. The number of piperidine rings is 1. The van der Waals surface area contributed by atoms with Gasteiger partial charge in [0.25, 0.3) is 15.9 Å². The lowest BCUT2D eigenvalue weighted by molar-refractivity contribution is -0.384. The Labute approximate surface area is 401 Å². The average Bonchev–Trinajstić information content (AvgIpc) is 3.78. The third kappa shape index (κ3) is 9.47. The van der Waals surface area contributed by atoms with Crippen molar-refractivity contribution in [3.63, 3.8) is 0 Å². The predicted octanol–water partition coefficient (Wildman–Crippen LogP) is 7.87. The molecule has 69 heavy (non-hydrogen) atoms. The Kier molecular flexibility index (Phi) is 12.1. The van der Waals surface area contributed by atoms with E-state index in [0.717, 1.165) is 55.9 Å². The highest BCUT2D eigenvalue weighted by Crippen LogP contribution is 2.54. The van der Waals surface area contributed by atoms with Gasteiger partial charge in [-0.15, -0.1) is 0 Å². The molecule has 5 aromatic rings. The van der Waals surface area contributed by atoms with Crippen LogP contribution in [0.1, 0.15) is 106 Å². The second-order valence-corrected chi connectivity index (χ2v) is 24.4. The number of hydrogen-bond donors (Lipinski definition) is 5. The summed E-state index contributed by atoms with van der Waals surface area (Å²) < 4.78 is 63.9. The number of rotatable bonds is 11. The van der Waals surface area contributed by atoms with Crippen molar-refractivity contribution in [1.82, 2.24) is 24.6 Å². The minimum absolute atomic E-state index is 0.0418. The van der Waals surface area contributed by atoms with E-state index in [1.54, 1.807) is 31.3 Å². The summed E-state index contributed by atoms with van der Waals surface area (Å²) >= 11 is 0. The van der Waals surface area contributed by atoms with E-state index in [-0.39, 0.29) is 52.9 Å². The maximum Gasteiger partial charge on any atom is 0.300 e. The number of hydrogen-bond acceptors (Lipinski definition) is 15. The van der Waals surface area contributed by atoms with Crippen molar-refractivity contribution >= 4 is 53.8 Å². The van der Waals surface area contributed by atoms with Gasteiger partial charge in [-0.2, -0.15) is 13.4 Å². The van der Waals surface area contributed by atoms with E-state index in [9.17, 15) is 32.6 Å². The summed E-state index contributed by atoms with van der Waals surface area (Å²) in [5, 5.41) is 26.0. The highest BCUT2D eigenvalue weighted by molar-refractivity contribution is 7.92. The number of nitrogens with zero attached hydrogens (tertiary/aromatic N) is 5. The molecule has 0 bridgehead atoms. The van der Waals surface area contributed by atoms with Crippen LogP contribution >= 0.6 is 0 Å². The number of carbonyl (C=O) groups is 1. The molecule has 5 aliphatic rings. The van der Waals surface area contributed by atoms with Crippen molar-refractivity contribution in [3.05, 3.63) is 99.9 Å². The van der Waals surface area contributed by atoms with Crippen LogP contribution < -0.4 is 24.4 Å². The standard InChI is InChI=1S/C49H59N9O9S2/c1-30(2)36-6-4-5-7-37(36)41-29-68(50,63)21-20-57(41)34-25-49(26-34)15-18-56(19-16-49)33-8-9-38(42(23-33)67-35-22-32-12-17-51-45(32)52-27-35)46(59)55-69(64,65)43-24-40(58(61)62)44-47(54-43)66-28-39(53-44)31-10-13-48(3,60)14-11-31/h4-9,12,17,22-24,27,30-31,34,39,41,50,53,60H,10-11,13-16,18-21,25-26,28-29H2,1-3H3,(H,51,52)(H,55,59)/t31?,39-,41-,48?,68?/m1/s1. The van der Waals surface area contributed by atoms with Crippen LogP contribution in [0.3, 0.4) is 0 Å². The van der Waals surface area contributed by atoms with Gasteiger partial charge in [-0.25, -0.2) is 13.9 Å². The zero-order valence-electron chi connectivity index (χ0n) is 39.0. The number of amides is 1. The molecule has 1 spiro atoms. The number of pyridine rings is 2. The number of fused-ring (bicyclic) bond motifs is 2. The fourth-order valence-electron chi connectivity index (χ4n) is 11.3. The number of nitro groups is 1. The summed E-state index contributed by atoms with van der Waals surface area (Å²) in [7, 11) is -7.47. The molecule has 18 nitrogen and oxygen atoms in total. The maximum absolute atomic E-state index is 14.1. The molecular formula is C49H59N9O9S2. The molecule has 0 radical (unpaired) electrons. The number of aromatic amines is 1. The number of H-pyrrole nitrogens is 1. The number of nitrogens with one attached hydrogen (secondary N) is 4. The van der Waals surface area contributed by atoms with E-state index >= 15 is 0 Å². The summed E-state index contributed by atoms with van der Waals surface area (Å²) in [6.45, 7) is 8.36. The molecular weight excluding hydrogens is 923 g/mol. The Balaban J connectivity index is 0.860. The quantitative estimate of drug-likeness (QED) is 0.0625. The molecule has 2 saturated heterocycles. The van der Waals surface area contributed by atoms with E-state index < -0.39 is 46.9 Å². The molecule has 5 N–H and O–H groups in total. The van der Waals surface area contributed by atoms with Gasteiger partial charge in [0, 0.05) is 70.5 Å². The van der Waals surface area contributed by atoms with E-state index in [0.29, 0.717) is 67.1 Å². The van der Waals surface area contributed by atoms with Gasteiger partial charge in [-0.1, -0.05) is 38.1 Å². The number of sulfonamides is 1. The smallest absolute Gasteiger partial charge is 0.300 e. The second kappa shape index (κ2) is 17.8. The molecule has 20 heteroatoms. The predicted molar refractivity (Wildman–Crippen MR) is 261 cm³/mol. The summed E-state index contributed by atoms with van der Waals surface area (Å²) in [5.74, 6) is 0.213. The molecule has 1 unspecified atom stereocenters. The topological polar surface area (TPSA) is 246 Å². The summed E-state index contributed by atoms with van der Waals surface area (Å²) in [6.07, 6.45) is 9.68. The second-order valence-electron chi connectivity index (χ2n) is 20.4. The van der Waals surface area contributed by atoms with Crippen molar-refractivity contribution in [1.29, 1.82) is 4.78 Å². The zero-order chi connectivity index (χ0) is 48.5. The minimum atomic E-state index is -4.80. The van der Waals surface area contributed by atoms with Crippen LogP contribution in [0.5, 0.6) is 17.4 Å². The molecule has 1 amide bonds. The minimum Gasteiger partial charge on any atom is -0.474 e. The van der Waals surface area contributed by atoms with Gasteiger partial charge in [0.1, 0.15) is 23.8 Å². The molecule has 4 fully saturated rings. The highest BCUT2D eigenvalue weighted by atomic mass is 32.2. The Morgan fingerprint density at radius 2 is 1.83 bits per heavy atom. The van der Waals surface area contributed by atoms with Crippen LogP contribution in [-0.2, 0) is 19.8 Å². The number of aliphatic hydroxyl groups is 1. The SMILES string of the molecule is CC(C)c1ccccc1[C@H]1CS(=N)(=O)CCN1C1CC2(CCN(c3ccc(C(=O)NS(=O)(=O)c4cc([N+](=O)[O-])c5c(n4)OC[C@H](C4CCC(C)(O)CC4)N5)c(Oc4cnc5[nH]ccc5c4)c3)CC2)C1. The normalized spacial score (nSPS) is 26.2. The fourth-order valence-corrected chi connectivity index (χ4v) is 13.8. The zero-order valence-corrected chi connectivity index (χ0v) is 40.6. The maximum atomic E-state index is 14.1. The van der Waals surface area contributed by atoms with E-state index in [4.69, 9.17) is 14.3 Å². The van der Waals surface area contributed by atoms with Crippen molar-refractivity contribution in [2.75, 3.05) is 48.0 Å². The lowest BCUT2D eigenvalue weighted by Crippen LogP contribution is -2.58. The fraction of sp³-hybridized carbons (Fsp3) is 0.490. The third-order valence-corrected chi connectivity index (χ3v) is 18.2. The Hall–Kier alpha value is -5.83. The largest absolute Gasteiger partial charge is 0.474 e. The van der Waals surface area contributed by atoms with Gasteiger partial charge >= 0.3 is 5.69 Å². The van der Waals surface area contributed by atoms with Gasteiger partial charge in [-0.05, 0) is 111 Å². The van der Waals surface area contributed by atoms with Crippen molar-refractivity contribution in [3.8, 4) is 17.4 Å². The first-order chi connectivity index (χ1) is 32.8. The van der Waals surface area contributed by atoms with Crippen LogP contribution in [-0.4, -0.2) is 104 Å². The van der Waals surface area contributed by atoms with Gasteiger partial charge in [-0.3, -0.25) is 24.6 Å². The Morgan fingerprint density at radius 1 is 1.07 bits per heavy atom. The average molecular weight is 982 g/mol. The summed E-state index contributed by atoms with van der Waals surface area (Å²) in [5.41, 5.74) is 2.52. The van der Waals surface area contributed by atoms with Crippen LogP contribution in [0.4, 0.5) is 17.1 Å². The monoisotopic (exact) mass is 981 g/mol. The van der Waals surface area contributed by atoms with Crippen molar-refractivity contribution in [2.45, 2.75) is 107 Å². The van der Waals surface area contributed by atoms with Gasteiger partial charge in [0.2, 0.25) is 5.88 Å².